The number of aliphatic hydroxyl groups excluding tert-OH is 1. The Morgan fingerprint density at radius 3 is 2.68 bits per heavy atom. The Bertz CT molecular complexity index is 627. The van der Waals surface area contributed by atoms with Gasteiger partial charge in [-0.2, -0.15) is 0 Å². The molecule has 7 heteroatoms. The number of morpholine rings is 1. The van der Waals surface area contributed by atoms with Crippen molar-refractivity contribution in [1.29, 1.82) is 0 Å². The molecule has 3 heterocycles. The molecule has 3 aliphatic rings. The lowest BCUT2D eigenvalue weighted by Gasteiger charge is -2.55. The van der Waals surface area contributed by atoms with Gasteiger partial charge < -0.3 is 24.8 Å². The number of pyridine rings is 1. The monoisotopic (exact) mass is 347 g/mol. The lowest BCUT2D eigenvalue weighted by atomic mass is 9.58. The summed E-state index contributed by atoms with van der Waals surface area (Å²) in [6.45, 7) is 4.34. The van der Waals surface area contributed by atoms with Gasteiger partial charge in [-0.1, -0.05) is 0 Å². The minimum atomic E-state index is -0.352. The van der Waals surface area contributed by atoms with E-state index < -0.39 is 0 Å². The molecule has 25 heavy (non-hydrogen) atoms. The van der Waals surface area contributed by atoms with Gasteiger partial charge in [0.1, 0.15) is 5.69 Å². The van der Waals surface area contributed by atoms with Gasteiger partial charge >= 0.3 is 0 Å². The molecule has 1 saturated carbocycles. The zero-order chi connectivity index (χ0) is 17.3. The molecule has 136 valence electrons. The maximum absolute atomic E-state index is 12.7. The van der Waals surface area contributed by atoms with Gasteiger partial charge in [-0.05, 0) is 31.4 Å². The van der Waals surface area contributed by atoms with Gasteiger partial charge in [0.2, 0.25) is 0 Å². The van der Waals surface area contributed by atoms with Crippen molar-refractivity contribution < 1.29 is 19.4 Å². The first kappa shape index (κ1) is 16.8. The smallest absolute Gasteiger partial charge is 0.270 e. The first-order valence-corrected chi connectivity index (χ1v) is 9.04. The number of nitrogens with zero attached hydrogens (tertiary/aromatic N) is 2. The highest BCUT2D eigenvalue weighted by molar-refractivity contribution is 5.93. The van der Waals surface area contributed by atoms with Crippen LogP contribution in [0.15, 0.2) is 18.3 Å². The van der Waals surface area contributed by atoms with Crippen LogP contribution in [0.4, 0.5) is 5.69 Å². The van der Waals surface area contributed by atoms with E-state index in [4.69, 9.17) is 9.47 Å². The third-order valence-corrected chi connectivity index (χ3v) is 5.90. The van der Waals surface area contributed by atoms with Crippen molar-refractivity contribution in [3.8, 4) is 0 Å². The first-order valence-electron chi connectivity index (χ1n) is 9.04. The molecular formula is C18H25N3O4. The number of carbonyl (C=O) groups is 1. The molecule has 1 aromatic heterocycles. The van der Waals surface area contributed by atoms with E-state index in [-0.39, 0.29) is 23.5 Å². The molecule has 0 bridgehead atoms. The van der Waals surface area contributed by atoms with Crippen molar-refractivity contribution in [2.24, 2.45) is 5.41 Å². The number of hydrogen-bond donors (Lipinski definition) is 2. The summed E-state index contributed by atoms with van der Waals surface area (Å²) in [4.78, 5) is 19.1. The van der Waals surface area contributed by atoms with Gasteiger partial charge in [0.15, 0.2) is 0 Å². The normalized spacial score (nSPS) is 28.4. The summed E-state index contributed by atoms with van der Waals surface area (Å²) < 4.78 is 10.8. The van der Waals surface area contributed by atoms with E-state index in [0.29, 0.717) is 38.5 Å². The van der Waals surface area contributed by atoms with E-state index in [0.717, 1.165) is 31.6 Å². The van der Waals surface area contributed by atoms with Crippen LogP contribution >= 0.6 is 0 Å². The van der Waals surface area contributed by atoms with Crippen molar-refractivity contribution in [3.63, 3.8) is 0 Å². The molecule has 1 aliphatic carbocycles. The Hall–Kier alpha value is -1.70. The molecule has 1 aromatic rings. The molecule has 2 N–H and O–H groups in total. The zero-order valence-electron chi connectivity index (χ0n) is 14.3. The Labute approximate surface area is 147 Å². The van der Waals surface area contributed by atoms with Crippen LogP contribution in [0.2, 0.25) is 0 Å². The molecule has 2 saturated heterocycles. The zero-order valence-corrected chi connectivity index (χ0v) is 14.3. The van der Waals surface area contributed by atoms with Crippen molar-refractivity contribution >= 4 is 11.6 Å². The fourth-order valence-corrected chi connectivity index (χ4v) is 4.19. The van der Waals surface area contributed by atoms with E-state index in [1.807, 2.05) is 12.1 Å². The van der Waals surface area contributed by atoms with Crippen LogP contribution in [0.5, 0.6) is 0 Å². The number of amides is 1. The third kappa shape index (κ3) is 3.12. The van der Waals surface area contributed by atoms with Crippen LogP contribution in [-0.2, 0) is 9.47 Å². The second-order valence-electron chi connectivity index (χ2n) is 7.12. The highest BCUT2D eigenvalue weighted by Crippen LogP contribution is 2.49. The van der Waals surface area contributed by atoms with Gasteiger partial charge in [-0.25, -0.2) is 0 Å². The minimum Gasteiger partial charge on any atom is -0.392 e. The average molecular weight is 347 g/mol. The van der Waals surface area contributed by atoms with E-state index in [2.05, 4.69) is 15.2 Å². The van der Waals surface area contributed by atoms with Crippen LogP contribution in [0.25, 0.3) is 0 Å². The number of anilines is 1. The molecule has 0 radical (unpaired) electrons. The van der Waals surface area contributed by atoms with Gasteiger partial charge in [0.25, 0.3) is 5.91 Å². The van der Waals surface area contributed by atoms with Crippen molar-refractivity contribution in [3.05, 3.63) is 24.0 Å². The number of hydrogen-bond acceptors (Lipinski definition) is 6. The molecular weight excluding hydrogens is 322 g/mol. The number of aromatic nitrogens is 1. The van der Waals surface area contributed by atoms with Crippen molar-refractivity contribution in [2.45, 2.75) is 31.4 Å². The topological polar surface area (TPSA) is 83.9 Å². The van der Waals surface area contributed by atoms with E-state index in [1.54, 1.807) is 6.20 Å². The lowest BCUT2D eigenvalue weighted by molar-refractivity contribution is -0.145. The molecule has 4 rings (SSSR count). The van der Waals surface area contributed by atoms with Crippen LogP contribution in [0.1, 0.15) is 29.8 Å². The van der Waals surface area contributed by atoms with Gasteiger partial charge in [0.05, 0.1) is 19.3 Å². The highest BCUT2D eigenvalue weighted by Gasteiger charge is 2.55. The summed E-state index contributed by atoms with van der Waals surface area (Å²) in [6, 6.07) is 3.76. The Kier molecular flexibility index (Phi) is 4.62. The van der Waals surface area contributed by atoms with Crippen LogP contribution < -0.4 is 10.2 Å². The maximum Gasteiger partial charge on any atom is 0.270 e. The molecule has 3 fully saturated rings. The van der Waals surface area contributed by atoms with Crippen LogP contribution in [0, 0.1) is 5.41 Å². The number of nitrogens with one attached hydrogen (secondary N) is 1. The fourth-order valence-electron chi connectivity index (χ4n) is 4.19. The maximum atomic E-state index is 12.7. The van der Waals surface area contributed by atoms with Gasteiger partial charge in [0, 0.05) is 49.6 Å². The second kappa shape index (κ2) is 6.90. The standard InChI is InChI=1S/C18H25N3O4/c22-16-12-15(18(16)2-7-24-8-3-18)20-17(23)14-11-13(1-4-19-14)21-5-9-25-10-6-21/h1,4,11,15-16,22H,2-3,5-10,12H2,(H,20,23)/t15-,16-/m1/s1. The van der Waals surface area contributed by atoms with Crippen LogP contribution in [-0.4, -0.2) is 67.7 Å². The summed E-state index contributed by atoms with van der Waals surface area (Å²) in [5, 5.41) is 13.3. The van der Waals surface area contributed by atoms with E-state index in [9.17, 15) is 9.90 Å². The highest BCUT2D eigenvalue weighted by atomic mass is 16.5. The van der Waals surface area contributed by atoms with Gasteiger partial charge in [-0.3, -0.25) is 9.78 Å². The molecule has 1 spiro atoms. The van der Waals surface area contributed by atoms with Crippen molar-refractivity contribution in [2.75, 3.05) is 44.4 Å². The largest absolute Gasteiger partial charge is 0.392 e. The number of ether oxygens (including phenoxy) is 2. The summed E-state index contributed by atoms with van der Waals surface area (Å²) >= 11 is 0. The Balaban J connectivity index is 1.44. The summed E-state index contributed by atoms with van der Waals surface area (Å²) in [6.07, 6.45) is 3.52. The first-order chi connectivity index (χ1) is 12.2. The van der Waals surface area contributed by atoms with E-state index >= 15 is 0 Å². The molecule has 2 atom stereocenters. The summed E-state index contributed by atoms with van der Waals surface area (Å²) in [7, 11) is 0. The predicted octanol–water partition coefficient (Wildman–Crippen LogP) is 0.578. The Morgan fingerprint density at radius 2 is 1.96 bits per heavy atom. The summed E-state index contributed by atoms with van der Waals surface area (Å²) in [5.41, 5.74) is 1.20. The van der Waals surface area contributed by atoms with E-state index in [1.165, 1.54) is 0 Å². The molecule has 0 unspecified atom stereocenters. The molecule has 7 nitrogen and oxygen atoms in total. The number of rotatable bonds is 3. The summed E-state index contributed by atoms with van der Waals surface area (Å²) in [5.74, 6) is -0.169. The molecule has 1 amide bonds. The number of carbonyl (C=O) groups excluding carboxylic acids is 1. The quantitative estimate of drug-likeness (QED) is 0.832. The molecule has 0 aromatic carbocycles. The lowest BCUT2D eigenvalue weighted by Crippen LogP contribution is -2.65. The van der Waals surface area contributed by atoms with Gasteiger partial charge in [-0.15, -0.1) is 0 Å². The molecule has 2 aliphatic heterocycles. The average Bonchev–Trinajstić information content (AvgIpc) is 2.69. The number of aliphatic hydroxyl groups is 1. The second-order valence-corrected chi connectivity index (χ2v) is 7.12. The SMILES string of the molecule is O=C(N[C@@H]1C[C@@H](O)C12CCOCC2)c1cc(N2CCOCC2)ccn1. The van der Waals surface area contributed by atoms with Crippen molar-refractivity contribution in [1.82, 2.24) is 10.3 Å². The predicted molar refractivity (Wildman–Crippen MR) is 91.6 cm³/mol. The van der Waals surface area contributed by atoms with Crippen LogP contribution in [0.3, 0.4) is 0 Å². The Morgan fingerprint density at radius 1 is 1.24 bits per heavy atom. The third-order valence-electron chi connectivity index (χ3n) is 5.90. The minimum absolute atomic E-state index is 0.00672. The fraction of sp³-hybridized carbons (Fsp3) is 0.667.